The van der Waals surface area contributed by atoms with Gasteiger partial charge in [-0.1, -0.05) is 0 Å². The molecule has 0 atom stereocenters. The lowest BCUT2D eigenvalue weighted by molar-refractivity contribution is 0.462. The predicted molar refractivity (Wildman–Crippen MR) is 73.0 cm³/mol. The molecule has 1 aromatic carbocycles. The van der Waals surface area contributed by atoms with Gasteiger partial charge in [-0.2, -0.15) is 0 Å². The first-order valence-electron chi connectivity index (χ1n) is 5.84. The molecule has 3 aromatic rings. The van der Waals surface area contributed by atoms with Crippen LogP contribution in [-0.2, 0) is 0 Å². The minimum Gasteiger partial charge on any atom is -0.436 e. The zero-order valence-corrected chi connectivity index (χ0v) is 10.4. The molecule has 5 heteroatoms. The number of nitrogens with zero attached hydrogens (tertiary/aromatic N) is 3. The van der Waals surface area contributed by atoms with Crippen molar-refractivity contribution in [1.29, 1.82) is 0 Å². The van der Waals surface area contributed by atoms with E-state index in [0.29, 0.717) is 17.3 Å². The number of anilines is 1. The highest BCUT2D eigenvalue weighted by Crippen LogP contribution is 2.28. The first-order valence-corrected chi connectivity index (χ1v) is 5.84. The Labute approximate surface area is 110 Å². The molecule has 5 nitrogen and oxygen atoms in total. The number of hydrogen-bond donors (Lipinski definition) is 1. The summed E-state index contributed by atoms with van der Waals surface area (Å²) in [7, 11) is 0. The van der Waals surface area contributed by atoms with Crippen molar-refractivity contribution >= 4 is 16.6 Å². The van der Waals surface area contributed by atoms with E-state index in [2.05, 4.69) is 15.0 Å². The van der Waals surface area contributed by atoms with Crippen LogP contribution in [0, 0.1) is 6.92 Å². The summed E-state index contributed by atoms with van der Waals surface area (Å²) in [6, 6.07) is 9.11. The van der Waals surface area contributed by atoms with Crippen molar-refractivity contribution in [3.63, 3.8) is 0 Å². The summed E-state index contributed by atoms with van der Waals surface area (Å²) in [5.74, 6) is 1.15. The van der Waals surface area contributed by atoms with Crippen LogP contribution in [-0.4, -0.2) is 15.0 Å². The van der Waals surface area contributed by atoms with Gasteiger partial charge in [-0.05, 0) is 37.3 Å². The van der Waals surface area contributed by atoms with Gasteiger partial charge in [-0.3, -0.25) is 4.98 Å². The first-order chi connectivity index (χ1) is 9.24. The second kappa shape index (κ2) is 4.53. The molecule has 0 saturated heterocycles. The Morgan fingerprint density at radius 3 is 2.84 bits per heavy atom. The summed E-state index contributed by atoms with van der Waals surface area (Å²) < 4.78 is 5.81. The molecule has 0 unspecified atom stereocenters. The van der Waals surface area contributed by atoms with E-state index < -0.39 is 0 Å². The van der Waals surface area contributed by atoms with Crippen molar-refractivity contribution in [2.24, 2.45) is 0 Å². The minimum atomic E-state index is 0.480. The molecular formula is C14H12N4O. The third kappa shape index (κ3) is 2.18. The van der Waals surface area contributed by atoms with Gasteiger partial charge in [0.25, 0.3) is 0 Å². The third-order valence-corrected chi connectivity index (χ3v) is 2.79. The normalized spacial score (nSPS) is 10.6. The molecule has 0 radical (unpaired) electrons. The van der Waals surface area contributed by atoms with Crippen LogP contribution in [0.1, 0.15) is 5.69 Å². The topological polar surface area (TPSA) is 73.9 Å². The molecule has 0 bridgehead atoms. The van der Waals surface area contributed by atoms with E-state index in [0.717, 1.165) is 16.6 Å². The van der Waals surface area contributed by atoms with Crippen LogP contribution >= 0.6 is 0 Å². The van der Waals surface area contributed by atoms with Crippen molar-refractivity contribution < 1.29 is 4.74 Å². The van der Waals surface area contributed by atoms with Gasteiger partial charge in [0.15, 0.2) is 5.75 Å². The van der Waals surface area contributed by atoms with Gasteiger partial charge in [0.05, 0.1) is 16.6 Å². The van der Waals surface area contributed by atoms with Gasteiger partial charge in [-0.15, -0.1) is 0 Å². The number of nitrogens with two attached hydrogens (primary N) is 1. The van der Waals surface area contributed by atoms with Gasteiger partial charge in [0.2, 0.25) is 5.88 Å². The highest BCUT2D eigenvalue weighted by atomic mass is 16.5. The Kier molecular flexibility index (Phi) is 2.72. The maximum Gasteiger partial charge on any atom is 0.230 e. The van der Waals surface area contributed by atoms with E-state index in [1.165, 1.54) is 6.33 Å². The van der Waals surface area contributed by atoms with Crippen molar-refractivity contribution in [2.45, 2.75) is 6.92 Å². The third-order valence-electron chi connectivity index (χ3n) is 2.79. The van der Waals surface area contributed by atoms with Crippen LogP contribution in [0.3, 0.4) is 0 Å². The Bertz CT molecular complexity index is 742. The number of nitrogen functional groups attached to an aromatic ring is 1. The Balaban J connectivity index is 2.10. The van der Waals surface area contributed by atoms with Crippen LogP contribution in [0.25, 0.3) is 10.9 Å². The number of aromatic nitrogens is 3. The molecule has 0 saturated carbocycles. The van der Waals surface area contributed by atoms with E-state index in [1.807, 2.05) is 25.1 Å². The molecule has 0 spiro atoms. The summed E-state index contributed by atoms with van der Waals surface area (Å²) >= 11 is 0. The lowest BCUT2D eigenvalue weighted by Gasteiger charge is -2.09. The monoisotopic (exact) mass is 252 g/mol. The Morgan fingerprint density at radius 1 is 1.11 bits per heavy atom. The molecule has 0 fully saturated rings. The zero-order chi connectivity index (χ0) is 13.2. The molecule has 0 aliphatic carbocycles. The quantitative estimate of drug-likeness (QED) is 0.710. The predicted octanol–water partition coefficient (Wildman–Crippen LogP) is 2.71. The second-order valence-electron chi connectivity index (χ2n) is 4.14. The van der Waals surface area contributed by atoms with Crippen molar-refractivity contribution in [1.82, 2.24) is 15.0 Å². The SMILES string of the molecule is Cc1ncccc1Oc1ncnc2ccc(N)cc12. The molecule has 0 amide bonds. The second-order valence-corrected chi connectivity index (χ2v) is 4.14. The molecule has 0 aliphatic heterocycles. The van der Waals surface area contributed by atoms with Crippen LogP contribution in [0.5, 0.6) is 11.6 Å². The smallest absolute Gasteiger partial charge is 0.230 e. The number of aryl methyl sites for hydroxylation is 1. The number of ether oxygens (including phenoxy) is 1. The van der Waals surface area contributed by atoms with Crippen LogP contribution < -0.4 is 10.5 Å². The maximum absolute atomic E-state index is 5.81. The van der Waals surface area contributed by atoms with Crippen molar-refractivity contribution in [3.8, 4) is 11.6 Å². The fourth-order valence-corrected chi connectivity index (χ4v) is 1.81. The molecule has 2 heterocycles. The molecule has 2 aromatic heterocycles. The van der Waals surface area contributed by atoms with E-state index in [1.54, 1.807) is 18.3 Å². The summed E-state index contributed by atoms with van der Waals surface area (Å²) in [5, 5.41) is 0.783. The highest BCUT2D eigenvalue weighted by molar-refractivity contribution is 5.86. The van der Waals surface area contributed by atoms with Crippen LogP contribution in [0.2, 0.25) is 0 Å². The standard InChI is InChI=1S/C14H12N4O/c1-9-13(3-2-6-16-9)19-14-11-7-10(15)4-5-12(11)17-8-18-14/h2-8H,15H2,1H3. The van der Waals surface area contributed by atoms with Gasteiger partial charge in [0, 0.05) is 11.9 Å². The largest absolute Gasteiger partial charge is 0.436 e. The summed E-state index contributed by atoms with van der Waals surface area (Å²) in [4.78, 5) is 12.5. The zero-order valence-electron chi connectivity index (χ0n) is 10.4. The fraction of sp³-hybridized carbons (Fsp3) is 0.0714. The fourth-order valence-electron chi connectivity index (χ4n) is 1.81. The lowest BCUT2D eigenvalue weighted by atomic mass is 10.2. The summed E-state index contributed by atoms with van der Waals surface area (Å²) in [6.45, 7) is 1.88. The minimum absolute atomic E-state index is 0.480. The first kappa shape index (κ1) is 11.4. The van der Waals surface area contributed by atoms with Gasteiger partial charge >= 0.3 is 0 Å². The van der Waals surface area contributed by atoms with Crippen molar-refractivity contribution in [2.75, 3.05) is 5.73 Å². The average molecular weight is 252 g/mol. The van der Waals surface area contributed by atoms with E-state index >= 15 is 0 Å². The summed E-state index contributed by atoms with van der Waals surface area (Å²) in [6.07, 6.45) is 3.19. The van der Waals surface area contributed by atoms with Crippen LogP contribution in [0.15, 0.2) is 42.9 Å². The van der Waals surface area contributed by atoms with E-state index in [-0.39, 0.29) is 0 Å². The Hall–Kier alpha value is -2.69. The number of fused-ring (bicyclic) bond motifs is 1. The van der Waals surface area contributed by atoms with Gasteiger partial charge in [-0.25, -0.2) is 9.97 Å². The number of rotatable bonds is 2. The average Bonchev–Trinajstić information content (AvgIpc) is 2.42. The maximum atomic E-state index is 5.81. The number of hydrogen-bond acceptors (Lipinski definition) is 5. The van der Waals surface area contributed by atoms with E-state index in [9.17, 15) is 0 Å². The van der Waals surface area contributed by atoms with Crippen LogP contribution in [0.4, 0.5) is 5.69 Å². The molecule has 3 rings (SSSR count). The van der Waals surface area contributed by atoms with Crippen molar-refractivity contribution in [3.05, 3.63) is 48.5 Å². The number of benzene rings is 1. The van der Waals surface area contributed by atoms with Gasteiger partial charge in [0.1, 0.15) is 6.33 Å². The number of pyridine rings is 1. The van der Waals surface area contributed by atoms with E-state index in [4.69, 9.17) is 10.5 Å². The molecule has 19 heavy (non-hydrogen) atoms. The molecule has 94 valence electrons. The molecule has 0 aliphatic rings. The molecule has 2 N–H and O–H groups in total. The van der Waals surface area contributed by atoms with Gasteiger partial charge < -0.3 is 10.5 Å². The molecular weight excluding hydrogens is 240 g/mol. The lowest BCUT2D eigenvalue weighted by Crippen LogP contribution is -1.95. The highest BCUT2D eigenvalue weighted by Gasteiger charge is 2.08. The Morgan fingerprint density at radius 2 is 2.00 bits per heavy atom. The summed E-state index contributed by atoms with van der Waals surface area (Å²) in [5.41, 5.74) is 8.04.